The molecule has 1 aromatic heterocycles. The third kappa shape index (κ3) is 6.52. The van der Waals surface area contributed by atoms with Crippen LogP contribution in [-0.2, 0) is 13.0 Å². The average molecular weight is 464 g/mol. The molecule has 174 valence electrons. The average Bonchev–Trinajstić information content (AvgIpc) is 3.11. The Hall–Kier alpha value is -2.95. The Labute approximate surface area is 178 Å². The first-order valence-corrected chi connectivity index (χ1v) is 9.48. The first-order chi connectivity index (χ1) is 15.0. The van der Waals surface area contributed by atoms with Gasteiger partial charge in [0.05, 0.1) is 0 Å². The highest BCUT2D eigenvalue weighted by Gasteiger charge is 2.41. The molecular weight excluding hydrogens is 445 g/mol. The van der Waals surface area contributed by atoms with Gasteiger partial charge in [0.15, 0.2) is 6.61 Å². The molecule has 0 amide bonds. The lowest BCUT2D eigenvalue weighted by atomic mass is 10.1. The fraction of sp³-hybridized carbons (Fsp3) is 0.333. The molecule has 0 fully saturated rings. The molecule has 0 aliphatic heterocycles. The molecule has 0 aliphatic rings. The molecule has 1 heterocycles. The molecule has 0 unspecified atom stereocenters. The second-order valence-electron chi connectivity index (χ2n) is 6.99. The quantitative estimate of drug-likeness (QED) is 0.300. The maximum atomic E-state index is 13.0. The van der Waals surface area contributed by atoms with Gasteiger partial charge in [0.1, 0.15) is 11.5 Å². The fourth-order valence-electron chi connectivity index (χ4n) is 3.01. The molecule has 0 saturated heterocycles. The Morgan fingerprint density at radius 1 is 0.969 bits per heavy atom. The molecule has 32 heavy (non-hydrogen) atoms. The van der Waals surface area contributed by atoms with Crippen molar-refractivity contribution in [1.82, 2.24) is 10.3 Å². The van der Waals surface area contributed by atoms with Crippen LogP contribution >= 0.6 is 0 Å². The van der Waals surface area contributed by atoms with Gasteiger partial charge >= 0.3 is 18.7 Å². The zero-order valence-electron chi connectivity index (χ0n) is 16.5. The first-order valence-electron chi connectivity index (χ1n) is 9.48. The van der Waals surface area contributed by atoms with E-state index in [2.05, 4.69) is 15.0 Å². The van der Waals surface area contributed by atoms with Gasteiger partial charge in [-0.05, 0) is 54.4 Å². The van der Waals surface area contributed by atoms with E-state index in [0.29, 0.717) is 36.0 Å². The molecule has 4 nitrogen and oxygen atoms in total. The maximum absolute atomic E-state index is 13.0. The predicted octanol–water partition coefficient (Wildman–Crippen LogP) is 5.68. The normalized spacial score (nSPS) is 12.5. The van der Waals surface area contributed by atoms with Crippen molar-refractivity contribution in [3.05, 3.63) is 59.8 Å². The monoisotopic (exact) mass is 464 g/mol. The van der Waals surface area contributed by atoms with Crippen LogP contribution in [0.1, 0.15) is 11.1 Å². The lowest BCUT2D eigenvalue weighted by molar-refractivity contribution is -0.274. The van der Waals surface area contributed by atoms with Crippen molar-refractivity contribution >= 4 is 10.9 Å². The van der Waals surface area contributed by atoms with Crippen LogP contribution in [0.15, 0.2) is 48.7 Å². The van der Waals surface area contributed by atoms with E-state index in [0.717, 1.165) is 5.56 Å². The zero-order valence-corrected chi connectivity index (χ0v) is 16.5. The van der Waals surface area contributed by atoms with Crippen LogP contribution in [0, 0.1) is 0 Å². The number of ether oxygens (including phenoxy) is 2. The predicted molar refractivity (Wildman–Crippen MR) is 103 cm³/mol. The topological polar surface area (TPSA) is 46.3 Å². The van der Waals surface area contributed by atoms with Crippen molar-refractivity contribution in [2.45, 2.75) is 31.7 Å². The van der Waals surface area contributed by atoms with Crippen LogP contribution in [0.4, 0.5) is 30.7 Å². The molecule has 0 aliphatic carbocycles. The molecule has 2 N–H and O–H groups in total. The summed E-state index contributed by atoms with van der Waals surface area (Å²) >= 11 is 0. The summed E-state index contributed by atoms with van der Waals surface area (Å²) in [5, 5.41) is 3.73. The number of aromatic amines is 1. The standard InChI is InChI=1S/C21H19F7N2O2/c22-19(23)20(24,25)12-31-15-3-1-2-13(8-15)10-29-7-6-14-11-30-18-5-4-16(9-17(14)18)32-21(26,27)28/h1-5,8-9,11,19,29-30H,6-7,10,12H2. The number of rotatable bonds is 10. The number of benzene rings is 2. The Morgan fingerprint density at radius 2 is 1.75 bits per heavy atom. The minimum Gasteiger partial charge on any atom is -0.487 e. The molecule has 0 atom stereocenters. The van der Waals surface area contributed by atoms with Gasteiger partial charge in [-0.15, -0.1) is 13.2 Å². The number of halogens is 7. The number of hydrogen-bond donors (Lipinski definition) is 2. The maximum Gasteiger partial charge on any atom is 0.573 e. The molecule has 11 heteroatoms. The van der Waals surface area contributed by atoms with Crippen LogP contribution in [-0.4, -0.2) is 36.8 Å². The Bertz CT molecular complexity index is 1030. The summed E-state index contributed by atoms with van der Waals surface area (Å²) in [4.78, 5) is 2.98. The Morgan fingerprint density at radius 3 is 2.47 bits per heavy atom. The highest BCUT2D eigenvalue weighted by Crippen LogP contribution is 2.28. The van der Waals surface area contributed by atoms with Crippen LogP contribution in [0.25, 0.3) is 10.9 Å². The summed E-state index contributed by atoms with van der Waals surface area (Å²) in [6.07, 6.45) is -6.40. The van der Waals surface area contributed by atoms with Crippen LogP contribution in [0.2, 0.25) is 0 Å². The molecule has 3 rings (SSSR count). The Kier molecular flexibility index (Phi) is 7.17. The summed E-state index contributed by atoms with van der Waals surface area (Å²) in [5.74, 6) is -4.51. The van der Waals surface area contributed by atoms with Crippen LogP contribution in [0.3, 0.4) is 0 Å². The van der Waals surface area contributed by atoms with Crippen molar-refractivity contribution in [3.8, 4) is 11.5 Å². The van der Waals surface area contributed by atoms with E-state index in [1.165, 1.54) is 30.3 Å². The summed E-state index contributed by atoms with van der Waals surface area (Å²) in [6, 6.07) is 10.1. The van der Waals surface area contributed by atoms with Crippen molar-refractivity contribution in [3.63, 3.8) is 0 Å². The highest BCUT2D eigenvalue weighted by molar-refractivity contribution is 5.84. The summed E-state index contributed by atoms with van der Waals surface area (Å²) < 4.78 is 96.4. The highest BCUT2D eigenvalue weighted by atomic mass is 19.4. The molecule has 3 aromatic rings. The van der Waals surface area contributed by atoms with Crippen molar-refractivity contribution in [2.24, 2.45) is 0 Å². The van der Waals surface area contributed by atoms with Crippen LogP contribution in [0.5, 0.6) is 11.5 Å². The number of aromatic nitrogens is 1. The third-order valence-corrected chi connectivity index (χ3v) is 4.52. The number of nitrogens with one attached hydrogen (secondary N) is 2. The number of H-pyrrole nitrogens is 1. The minimum atomic E-state index is -4.78. The van der Waals surface area contributed by atoms with Gasteiger partial charge in [0, 0.05) is 23.6 Å². The number of alkyl halides is 7. The molecule has 0 spiro atoms. The second-order valence-corrected chi connectivity index (χ2v) is 6.99. The van der Waals surface area contributed by atoms with E-state index in [1.54, 1.807) is 18.3 Å². The summed E-state index contributed by atoms with van der Waals surface area (Å²) in [5.41, 5.74) is 2.13. The molecule has 2 aromatic carbocycles. The van der Waals surface area contributed by atoms with Gasteiger partial charge in [-0.2, -0.15) is 8.78 Å². The largest absolute Gasteiger partial charge is 0.573 e. The van der Waals surface area contributed by atoms with Gasteiger partial charge < -0.3 is 19.8 Å². The molecular formula is C21H19F7N2O2. The van der Waals surface area contributed by atoms with Gasteiger partial charge in [0.2, 0.25) is 0 Å². The summed E-state index contributed by atoms with van der Waals surface area (Å²) in [6.45, 7) is -0.624. The third-order valence-electron chi connectivity index (χ3n) is 4.52. The lowest BCUT2D eigenvalue weighted by Gasteiger charge is -2.16. The van der Waals surface area contributed by atoms with Gasteiger partial charge in [-0.3, -0.25) is 0 Å². The van der Waals surface area contributed by atoms with Gasteiger partial charge in [-0.25, -0.2) is 8.78 Å². The molecule has 0 bridgehead atoms. The Balaban J connectivity index is 1.53. The van der Waals surface area contributed by atoms with E-state index in [-0.39, 0.29) is 11.5 Å². The van der Waals surface area contributed by atoms with Crippen molar-refractivity contribution in [2.75, 3.05) is 13.2 Å². The van der Waals surface area contributed by atoms with E-state index in [1.807, 2.05) is 0 Å². The fourth-order valence-corrected chi connectivity index (χ4v) is 3.01. The van der Waals surface area contributed by atoms with Crippen molar-refractivity contribution in [1.29, 1.82) is 0 Å². The molecule has 0 radical (unpaired) electrons. The zero-order chi connectivity index (χ0) is 23.4. The van der Waals surface area contributed by atoms with E-state index in [9.17, 15) is 30.7 Å². The SMILES string of the molecule is FC(F)C(F)(F)COc1cccc(CNCCc2c[nH]c3ccc(OC(F)(F)F)cc23)c1. The first kappa shape index (κ1) is 23.7. The number of fused-ring (bicyclic) bond motifs is 1. The van der Waals surface area contributed by atoms with E-state index >= 15 is 0 Å². The smallest absolute Gasteiger partial charge is 0.487 e. The van der Waals surface area contributed by atoms with E-state index < -0.39 is 25.3 Å². The van der Waals surface area contributed by atoms with E-state index in [4.69, 9.17) is 4.74 Å². The molecule has 0 saturated carbocycles. The van der Waals surface area contributed by atoms with Crippen LogP contribution < -0.4 is 14.8 Å². The summed E-state index contributed by atoms with van der Waals surface area (Å²) in [7, 11) is 0. The van der Waals surface area contributed by atoms with Gasteiger partial charge in [-0.1, -0.05) is 12.1 Å². The lowest BCUT2D eigenvalue weighted by Crippen LogP contribution is -2.33. The van der Waals surface area contributed by atoms with Crippen molar-refractivity contribution < 1.29 is 40.2 Å². The van der Waals surface area contributed by atoms with Gasteiger partial charge in [0.25, 0.3) is 0 Å². The second kappa shape index (κ2) is 9.68. The number of hydrogen-bond acceptors (Lipinski definition) is 3. The minimum absolute atomic E-state index is 0.0402.